The van der Waals surface area contributed by atoms with Crippen molar-refractivity contribution in [1.82, 2.24) is 15.1 Å². The summed E-state index contributed by atoms with van der Waals surface area (Å²) in [5, 5.41) is 2.35. The second kappa shape index (κ2) is 9.37. The number of hydrogen-bond donors (Lipinski definition) is 2. The Balaban J connectivity index is 1.26. The van der Waals surface area contributed by atoms with Crippen LogP contribution in [-0.4, -0.2) is 60.9 Å². The zero-order valence-corrected chi connectivity index (χ0v) is 19.8. The van der Waals surface area contributed by atoms with Crippen molar-refractivity contribution in [3.8, 4) is 5.75 Å². The summed E-state index contributed by atoms with van der Waals surface area (Å²) in [6.45, 7) is 5.42. The van der Waals surface area contributed by atoms with Crippen LogP contribution in [0.1, 0.15) is 34.9 Å². The predicted octanol–water partition coefficient (Wildman–Crippen LogP) is 2.57. The lowest BCUT2D eigenvalue weighted by Crippen LogP contribution is -2.51. The van der Waals surface area contributed by atoms with E-state index in [-0.39, 0.29) is 23.2 Å². The van der Waals surface area contributed by atoms with E-state index in [4.69, 9.17) is 17.4 Å². The molecule has 2 aromatic rings. The van der Waals surface area contributed by atoms with Crippen LogP contribution in [0.4, 0.5) is 5.69 Å². The normalized spacial score (nSPS) is 24.0. The Hall–Kier alpha value is -2.55. The van der Waals surface area contributed by atoms with E-state index in [0.717, 1.165) is 44.2 Å². The number of carbonyl (C=O) groups is 2. The van der Waals surface area contributed by atoms with Gasteiger partial charge in [-0.2, -0.15) is 12.6 Å². The molecular weight excluding hydrogens is 436 g/mol. The van der Waals surface area contributed by atoms with Gasteiger partial charge in [0.1, 0.15) is 5.75 Å². The van der Waals surface area contributed by atoms with Crippen molar-refractivity contribution in [3.63, 3.8) is 0 Å². The van der Waals surface area contributed by atoms with Gasteiger partial charge < -0.3 is 9.64 Å². The maximum Gasteiger partial charge on any atom is 0.243 e. The Bertz CT molecular complexity index is 1050. The van der Waals surface area contributed by atoms with E-state index in [1.54, 1.807) is 7.11 Å². The molecule has 2 fully saturated rings. The van der Waals surface area contributed by atoms with E-state index in [9.17, 15) is 9.59 Å². The Kier molecular flexibility index (Phi) is 6.32. The van der Waals surface area contributed by atoms with Crippen LogP contribution >= 0.6 is 12.6 Å². The number of thiol groups is 1. The zero-order valence-electron chi connectivity index (χ0n) is 18.9. The molecule has 0 aromatic heterocycles. The molecule has 2 unspecified atom stereocenters. The number of piperidine rings is 1. The van der Waals surface area contributed by atoms with Crippen LogP contribution < -0.4 is 15.0 Å². The fourth-order valence-electron chi connectivity index (χ4n) is 5.24. The van der Waals surface area contributed by atoms with Gasteiger partial charge in [0.05, 0.1) is 24.2 Å². The van der Waals surface area contributed by atoms with Gasteiger partial charge in [-0.3, -0.25) is 24.7 Å². The molecule has 2 amide bonds. The van der Waals surface area contributed by atoms with E-state index in [1.165, 1.54) is 16.7 Å². The molecule has 3 aliphatic heterocycles. The Morgan fingerprint density at radius 1 is 1.06 bits per heavy atom. The minimum atomic E-state index is -0.310. The average Bonchev–Trinajstić information content (AvgIpc) is 3.17. The van der Waals surface area contributed by atoms with Crippen molar-refractivity contribution in [2.24, 2.45) is 0 Å². The molecule has 3 heterocycles. The van der Waals surface area contributed by atoms with E-state index in [1.807, 2.05) is 12.1 Å². The van der Waals surface area contributed by atoms with Crippen molar-refractivity contribution in [2.75, 3.05) is 38.2 Å². The second-order valence-corrected chi connectivity index (χ2v) is 9.42. The SMILES string of the molecule is COc1ccccc1N1CCN(Cc2cccc3c2CN(C2CCC(=O)NC2=O)C3S)CC1. The van der Waals surface area contributed by atoms with Gasteiger partial charge in [-0.05, 0) is 35.2 Å². The van der Waals surface area contributed by atoms with Crippen LogP contribution in [0.3, 0.4) is 0 Å². The van der Waals surface area contributed by atoms with Crippen molar-refractivity contribution in [2.45, 2.75) is 37.3 Å². The number of amides is 2. The van der Waals surface area contributed by atoms with Gasteiger partial charge in [0.25, 0.3) is 0 Å². The smallest absolute Gasteiger partial charge is 0.243 e. The summed E-state index contributed by atoms with van der Waals surface area (Å²) in [5.41, 5.74) is 4.90. The Morgan fingerprint density at radius 2 is 1.85 bits per heavy atom. The molecule has 2 aromatic carbocycles. The maximum atomic E-state index is 12.5. The van der Waals surface area contributed by atoms with Crippen LogP contribution in [-0.2, 0) is 22.7 Å². The van der Waals surface area contributed by atoms with Crippen LogP contribution in [0.25, 0.3) is 0 Å². The van der Waals surface area contributed by atoms with Gasteiger partial charge in [0.2, 0.25) is 11.8 Å². The van der Waals surface area contributed by atoms with E-state index < -0.39 is 0 Å². The molecule has 8 heteroatoms. The lowest BCUT2D eigenvalue weighted by atomic mass is 10.0. The number of fused-ring (bicyclic) bond motifs is 1. The largest absolute Gasteiger partial charge is 0.495 e. The van der Waals surface area contributed by atoms with Crippen LogP contribution in [0, 0.1) is 0 Å². The molecule has 2 atom stereocenters. The first-order chi connectivity index (χ1) is 16.0. The summed E-state index contributed by atoms with van der Waals surface area (Å²) in [6.07, 6.45) is 0.934. The Labute approximate surface area is 200 Å². The second-order valence-electron chi connectivity index (χ2n) is 8.93. The summed E-state index contributed by atoms with van der Waals surface area (Å²) < 4.78 is 5.54. The standard InChI is InChI=1S/C25H30N4O3S/c1-32-22-8-3-2-7-20(22)28-13-11-27(12-14-28)15-17-5-4-6-18-19(17)16-29(25(18)33)21-9-10-23(30)26-24(21)31/h2-8,21,25,33H,9-16H2,1H3,(H,26,30,31). The monoisotopic (exact) mass is 466 g/mol. The molecule has 0 radical (unpaired) electrons. The first kappa shape index (κ1) is 22.3. The number of benzene rings is 2. The number of piperazine rings is 1. The maximum absolute atomic E-state index is 12.5. The first-order valence-electron chi connectivity index (χ1n) is 11.5. The lowest BCUT2D eigenvalue weighted by molar-refractivity contribution is -0.137. The molecule has 0 saturated carbocycles. The van der Waals surface area contributed by atoms with E-state index >= 15 is 0 Å². The number of nitrogens with zero attached hydrogens (tertiary/aromatic N) is 3. The highest BCUT2D eigenvalue weighted by Gasteiger charge is 2.39. The molecule has 1 N–H and O–H groups in total. The highest BCUT2D eigenvalue weighted by atomic mass is 32.1. The highest BCUT2D eigenvalue weighted by molar-refractivity contribution is 7.80. The third kappa shape index (κ3) is 4.35. The van der Waals surface area contributed by atoms with Crippen LogP contribution in [0.5, 0.6) is 5.75 Å². The number of para-hydroxylation sites is 2. The third-order valence-corrected chi connectivity index (χ3v) is 7.62. The summed E-state index contributed by atoms with van der Waals surface area (Å²) >= 11 is 4.85. The highest BCUT2D eigenvalue weighted by Crippen LogP contribution is 2.41. The minimum absolute atomic E-state index is 0.133. The molecule has 33 heavy (non-hydrogen) atoms. The number of hydrogen-bond acceptors (Lipinski definition) is 7. The topological polar surface area (TPSA) is 65.1 Å². The number of anilines is 1. The van der Waals surface area contributed by atoms with E-state index in [0.29, 0.717) is 19.4 Å². The summed E-state index contributed by atoms with van der Waals surface area (Å²) in [4.78, 5) is 31.0. The average molecular weight is 467 g/mol. The van der Waals surface area contributed by atoms with Gasteiger partial charge in [-0.1, -0.05) is 30.3 Å². The predicted molar refractivity (Wildman–Crippen MR) is 130 cm³/mol. The molecule has 0 aliphatic carbocycles. The van der Waals surface area contributed by atoms with Crippen molar-refractivity contribution in [3.05, 3.63) is 59.2 Å². The first-order valence-corrected chi connectivity index (χ1v) is 12.1. The molecule has 0 bridgehead atoms. The quantitative estimate of drug-likeness (QED) is 0.522. The molecule has 3 aliphatic rings. The molecular formula is C25H30N4O3S. The minimum Gasteiger partial charge on any atom is -0.495 e. The van der Waals surface area contributed by atoms with Crippen molar-refractivity contribution in [1.29, 1.82) is 0 Å². The van der Waals surface area contributed by atoms with Gasteiger partial charge in [-0.15, -0.1) is 0 Å². The number of imide groups is 1. The number of rotatable bonds is 5. The van der Waals surface area contributed by atoms with Gasteiger partial charge in [-0.25, -0.2) is 0 Å². The van der Waals surface area contributed by atoms with Crippen molar-refractivity contribution < 1.29 is 14.3 Å². The molecule has 2 saturated heterocycles. The Morgan fingerprint density at radius 3 is 2.61 bits per heavy atom. The fraction of sp³-hybridized carbons (Fsp3) is 0.440. The number of nitrogens with one attached hydrogen (secondary N) is 1. The van der Waals surface area contributed by atoms with Crippen LogP contribution in [0.2, 0.25) is 0 Å². The van der Waals surface area contributed by atoms with Crippen LogP contribution in [0.15, 0.2) is 42.5 Å². The number of ether oxygens (including phenoxy) is 1. The molecule has 0 spiro atoms. The van der Waals surface area contributed by atoms with E-state index in [2.05, 4.69) is 50.3 Å². The van der Waals surface area contributed by atoms with Gasteiger partial charge in [0.15, 0.2) is 0 Å². The summed E-state index contributed by atoms with van der Waals surface area (Å²) in [5.74, 6) is 0.531. The summed E-state index contributed by atoms with van der Waals surface area (Å²) in [6, 6.07) is 14.3. The fourth-order valence-corrected chi connectivity index (χ4v) is 5.73. The summed E-state index contributed by atoms with van der Waals surface area (Å²) in [7, 11) is 1.72. The zero-order chi connectivity index (χ0) is 22.9. The third-order valence-electron chi connectivity index (χ3n) is 7.04. The molecule has 7 nitrogen and oxygen atoms in total. The molecule has 5 rings (SSSR count). The number of carbonyl (C=O) groups excluding carboxylic acids is 2. The molecule has 174 valence electrons. The number of methoxy groups -OCH3 is 1. The van der Waals surface area contributed by atoms with Gasteiger partial charge >= 0.3 is 0 Å². The van der Waals surface area contributed by atoms with Crippen molar-refractivity contribution >= 4 is 30.1 Å². The van der Waals surface area contributed by atoms with Gasteiger partial charge in [0, 0.05) is 45.7 Å². The lowest BCUT2D eigenvalue weighted by Gasteiger charge is -2.37.